The van der Waals surface area contributed by atoms with Crippen LogP contribution >= 0.6 is 0 Å². The molecule has 4 heteroatoms. The summed E-state index contributed by atoms with van der Waals surface area (Å²) in [6, 6.07) is 0. The largest absolute Gasteiger partial charge is 0.338 e. The zero-order valence-corrected chi connectivity index (χ0v) is 13.0. The van der Waals surface area contributed by atoms with Gasteiger partial charge in [-0.05, 0) is 19.4 Å². The summed E-state index contributed by atoms with van der Waals surface area (Å²) >= 11 is 0. The summed E-state index contributed by atoms with van der Waals surface area (Å²) in [5.41, 5.74) is 4.46. The van der Waals surface area contributed by atoms with Gasteiger partial charge in [-0.25, -0.2) is 9.98 Å². The van der Waals surface area contributed by atoms with E-state index in [9.17, 15) is 0 Å². The molecule has 20 heavy (non-hydrogen) atoms. The predicted octanol–water partition coefficient (Wildman–Crippen LogP) is 2.54. The third-order valence-electron chi connectivity index (χ3n) is 4.04. The van der Waals surface area contributed by atoms with Crippen LogP contribution in [-0.4, -0.2) is 55.2 Å². The van der Waals surface area contributed by atoms with Crippen molar-refractivity contribution in [2.24, 2.45) is 15.9 Å². The van der Waals surface area contributed by atoms with Crippen LogP contribution in [0.2, 0.25) is 0 Å². The fourth-order valence-corrected chi connectivity index (χ4v) is 2.47. The van der Waals surface area contributed by atoms with E-state index >= 15 is 0 Å². The summed E-state index contributed by atoms with van der Waals surface area (Å²) in [4.78, 5) is 13.6. The molecule has 1 unspecified atom stereocenters. The molecule has 0 aromatic rings. The topological polar surface area (TPSA) is 31.2 Å². The second kappa shape index (κ2) is 7.41. The van der Waals surface area contributed by atoms with Gasteiger partial charge in [0.25, 0.3) is 0 Å². The van der Waals surface area contributed by atoms with E-state index in [1.165, 1.54) is 24.8 Å². The summed E-state index contributed by atoms with van der Waals surface area (Å²) < 4.78 is 0. The molecule has 0 amide bonds. The first kappa shape index (κ1) is 15.0. The molecule has 2 rings (SSSR count). The fourth-order valence-electron chi connectivity index (χ4n) is 2.47. The van der Waals surface area contributed by atoms with Crippen molar-refractivity contribution in [3.8, 4) is 0 Å². The lowest BCUT2D eigenvalue weighted by atomic mass is 9.97. The van der Waals surface area contributed by atoms with Crippen molar-refractivity contribution >= 4 is 12.2 Å². The first-order valence-electron chi connectivity index (χ1n) is 7.71. The Morgan fingerprint density at radius 1 is 1.30 bits per heavy atom. The molecule has 0 N–H and O–H groups in total. The molecule has 2 heterocycles. The zero-order valence-electron chi connectivity index (χ0n) is 13.0. The molecule has 2 aliphatic heterocycles. The van der Waals surface area contributed by atoms with Crippen molar-refractivity contribution < 1.29 is 0 Å². The van der Waals surface area contributed by atoms with Crippen molar-refractivity contribution in [1.82, 2.24) is 9.80 Å². The molecule has 4 nitrogen and oxygen atoms in total. The fraction of sp³-hybridized carbons (Fsp3) is 0.688. The van der Waals surface area contributed by atoms with Gasteiger partial charge in [-0.3, -0.25) is 0 Å². The van der Waals surface area contributed by atoms with Gasteiger partial charge in [0, 0.05) is 38.0 Å². The Balaban J connectivity index is 1.95. The molecule has 0 bridgehead atoms. The first-order chi connectivity index (χ1) is 9.70. The molecule has 0 aromatic heterocycles. The molecule has 1 fully saturated rings. The third kappa shape index (κ3) is 4.06. The number of rotatable bonds is 4. The van der Waals surface area contributed by atoms with Gasteiger partial charge in [0.05, 0.1) is 6.20 Å². The number of likely N-dealkylation sites (N-methyl/N-ethyl adjacent to an activating group) is 1. The molecule has 0 spiro atoms. The van der Waals surface area contributed by atoms with Crippen molar-refractivity contribution in [2.45, 2.75) is 33.1 Å². The van der Waals surface area contributed by atoms with E-state index in [1.54, 1.807) is 6.20 Å². The Morgan fingerprint density at radius 2 is 2.05 bits per heavy atom. The van der Waals surface area contributed by atoms with Crippen molar-refractivity contribution in [3.63, 3.8) is 0 Å². The SMILES string of the molecule is CCCCC(C)C1=C=CN=C(N2CCN(C)CC2)N=C1. The molecule has 110 valence electrons. The van der Waals surface area contributed by atoms with Gasteiger partial charge in [-0.2, -0.15) is 0 Å². The maximum atomic E-state index is 4.58. The monoisotopic (exact) mass is 274 g/mol. The lowest BCUT2D eigenvalue weighted by Crippen LogP contribution is -2.46. The highest BCUT2D eigenvalue weighted by Gasteiger charge is 2.17. The molecular formula is C16H26N4. The van der Waals surface area contributed by atoms with E-state index in [2.05, 4.69) is 46.4 Å². The minimum atomic E-state index is 0.511. The molecule has 2 aliphatic rings. The maximum Gasteiger partial charge on any atom is 0.225 e. The molecule has 0 saturated carbocycles. The Morgan fingerprint density at radius 3 is 2.75 bits per heavy atom. The summed E-state index contributed by atoms with van der Waals surface area (Å²) in [6.45, 7) is 8.63. The van der Waals surface area contributed by atoms with Crippen molar-refractivity contribution in [1.29, 1.82) is 0 Å². The summed E-state index contributed by atoms with van der Waals surface area (Å²) in [5, 5.41) is 0. The van der Waals surface area contributed by atoms with Gasteiger partial charge in [0.2, 0.25) is 5.96 Å². The number of allylic oxidation sites excluding steroid dienone is 1. The first-order valence-corrected chi connectivity index (χ1v) is 7.71. The van der Waals surface area contributed by atoms with Crippen LogP contribution in [0.25, 0.3) is 0 Å². The highest BCUT2D eigenvalue weighted by molar-refractivity contribution is 5.94. The average Bonchev–Trinajstić information content (AvgIpc) is 2.71. The lowest BCUT2D eigenvalue weighted by Gasteiger charge is -2.32. The van der Waals surface area contributed by atoms with Crippen LogP contribution in [0.15, 0.2) is 27.5 Å². The Hall–Kier alpha value is -1.38. The van der Waals surface area contributed by atoms with Crippen LogP contribution in [-0.2, 0) is 0 Å². The Labute approximate surface area is 122 Å². The van der Waals surface area contributed by atoms with Crippen LogP contribution < -0.4 is 0 Å². The number of piperazine rings is 1. The Bertz CT molecular complexity index is 435. The van der Waals surface area contributed by atoms with Gasteiger partial charge in [0.15, 0.2) is 0 Å². The van der Waals surface area contributed by atoms with Gasteiger partial charge in [-0.15, -0.1) is 0 Å². The quantitative estimate of drug-likeness (QED) is 0.738. The molecule has 0 aliphatic carbocycles. The summed E-state index contributed by atoms with van der Waals surface area (Å²) in [6.07, 6.45) is 7.44. The number of aliphatic imine (C=N–C) groups is 2. The minimum absolute atomic E-state index is 0.511. The van der Waals surface area contributed by atoms with Gasteiger partial charge in [0.1, 0.15) is 0 Å². The van der Waals surface area contributed by atoms with Crippen LogP contribution in [0, 0.1) is 5.92 Å². The Kier molecular flexibility index (Phi) is 5.57. The highest BCUT2D eigenvalue weighted by atomic mass is 15.3. The highest BCUT2D eigenvalue weighted by Crippen LogP contribution is 2.16. The van der Waals surface area contributed by atoms with Gasteiger partial charge < -0.3 is 9.80 Å². The molecule has 0 radical (unpaired) electrons. The smallest absolute Gasteiger partial charge is 0.225 e. The van der Waals surface area contributed by atoms with Crippen LogP contribution in [0.5, 0.6) is 0 Å². The molecule has 0 aromatic carbocycles. The average molecular weight is 274 g/mol. The second-order valence-electron chi connectivity index (χ2n) is 5.75. The number of hydrogen-bond donors (Lipinski definition) is 0. The number of nitrogens with zero attached hydrogens (tertiary/aromatic N) is 4. The van der Waals surface area contributed by atoms with Crippen molar-refractivity contribution in [3.05, 3.63) is 17.5 Å². The maximum absolute atomic E-state index is 4.58. The third-order valence-corrected chi connectivity index (χ3v) is 4.04. The van der Waals surface area contributed by atoms with Crippen molar-refractivity contribution in [2.75, 3.05) is 33.2 Å². The normalized spacial score (nSPS) is 21.4. The summed E-state index contributed by atoms with van der Waals surface area (Å²) in [7, 11) is 2.16. The molecule has 1 atom stereocenters. The van der Waals surface area contributed by atoms with Crippen LogP contribution in [0.3, 0.4) is 0 Å². The minimum Gasteiger partial charge on any atom is -0.338 e. The summed E-state index contributed by atoms with van der Waals surface area (Å²) in [5.74, 6) is 1.35. The molecular weight excluding hydrogens is 248 g/mol. The second-order valence-corrected chi connectivity index (χ2v) is 5.75. The van der Waals surface area contributed by atoms with E-state index in [1.807, 2.05) is 6.21 Å². The lowest BCUT2D eigenvalue weighted by molar-refractivity contribution is 0.214. The standard InChI is InChI=1S/C16H26N4/c1-4-5-6-14(2)15-7-8-17-16(18-13-15)20-11-9-19(3)10-12-20/h8,13-14H,4-6,9-12H2,1-3H3. The van der Waals surface area contributed by atoms with E-state index in [4.69, 9.17) is 0 Å². The van der Waals surface area contributed by atoms with E-state index in [0.717, 1.165) is 32.1 Å². The van der Waals surface area contributed by atoms with Crippen LogP contribution in [0.4, 0.5) is 0 Å². The van der Waals surface area contributed by atoms with Gasteiger partial charge >= 0.3 is 0 Å². The number of hydrogen-bond acceptors (Lipinski definition) is 4. The van der Waals surface area contributed by atoms with Crippen LogP contribution in [0.1, 0.15) is 33.1 Å². The zero-order chi connectivity index (χ0) is 14.4. The molecule has 1 saturated heterocycles. The van der Waals surface area contributed by atoms with Gasteiger partial charge in [-0.1, -0.05) is 32.4 Å². The number of unbranched alkanes of at least 4 members (excludes halogenated alkanes) is 1. The van der Waals surface area contributed by atoms with E-state index in [-0.39, 0.29) is 0 Å². The van der Waals surface area contributed by atoms with E-state index in [0.29, 0.717) is 5.92 Å². The van der Waals surface area contributed by atoms with E-state index < -0.39 is 0 Å². The number of guanidine groups is 1. The predicted molar refractivity (Wildman–Crippen MR) is 85.3 cm³/mol.